The average molecular weight is 283 g/mol. The van der Waals surface area contributed by atoms with Gasteiger partial charge in [-0.3, -0.25) is 0 Å². The minimum Gasteiger partial charge on any atom is -0.505 e. The third-order valence-corrected chi connectivity index (χ3v) is 2.51. The second-order valence-corrected chi connectivity index (χ2v) is 3.83. The molecule has 2 heterocycles. The Morgan fingerprint density at radius 1 is 1.50 bits per heavy atom. The fourth-order valence-electron chi connectivity index (χ4n) is 1.31. The van der Waals surface area contributed by atoms with Gasteiger partial charge in [0.05, 0.1) is 18.8 Å². The number of aromatic hydroxyl groups is 1. The second-order valence-electron chi connectivity index (χ2n) is 3.01. The van der Waals surface area contributed by atoms with Crippen molar-refractivity contribution in [1.82, 2.24) is 9.97 Å². The van der Waals surface area contributed by atoms with E-state index in [2.05, 4.69) is 30.6 Å². The molecule has 0 unspecified atom stereocenters. The standard InChI is InChI=1S/C10H7BrN2O3/c1-16-10(15)8-9(14)5-2-3-7(11)13-6(5)4-12-8/h2-4,14H,1H3. The largest absolute Gasteiger partial charge is 0.505 e. The molecule has 0 aromatic carbocycles. The van der Waals surface area contributed by atoms with Crippen molar-refractivity contribution >= 4 is 32.8 Å². The topological polar surface area (TPSA) is 72.3 Å². The van der Waals surface area contributed by atoms with Gasteiger partial charge in [0.25, 0.3) is 0 Å². The summed E-state index contributed by atoms with van der Waals surface area (Å²) in [5, 5.41) is 10.3. The Hall–Kier alpha value is -1.69. The number of methoxy groups -OCH3 is 1. The molecule has 1 N–H and O–H groups in total. The number of nitrogens with zero attached hydrogens (tertiary/aromatic N) is 2. The highest BCUT2D eigenvalue weighted by Crippen LogP contribution is 2.27. The van der Waals surface area contributed by atoms with Gasteiger partial charge in [0.2, 0.25) is 0 Å². The predicted molar refractivity (Wildman–Crippen MR) is 60.2 cm³/mol. The highest BCUT2D eigenvalue weighted by molar-refractivity contribution is 9.10. The van der Waals surface area contributed by atoms with E-state index >= 15 is 0 Å². The molecule has 5 nitrogen and oxygen atoms in total. The minimum atomic E-state index is -0.678. The van der Waals surface area contributed by atoms with Crippen LogP contribution in [0.25, 0.3) is 10.9 Å². The van der Waals surface area contributed by atoms with E-state index in [-0.39, 0.29) is 11.4 Å². The number of aromatic nitrogens is 2. The van der Waals surface area contributed by atoms with Gasteiger partial charge in [0.15, 0.2) is 11.4 Å². The lowest BCUT2D eigenvalue weighted by Gasteiger charge is -2.04. The van der Waals surface area contributed by atoms with E-state index in [1.807, 2.05) is 0 Å². The zero-order valence-corrected chi connectivity index (χ0v) is 9.85. The molecular weight excluding hydrogens is 276 g/mol. The third kappa shape index (κ3) is 1.71. The van der Waals surface area contributed by atoms with E-state index in [4.69, 9.17) is 0 Å². The van der Waals surface area contributed by atoms with Gasteiger partial charge in [-0.15, -0.1) is 0 Å². The summed E-state index contributed by atoms with van der Waals surface area (Å²) in [7, 11) is 1.23. The van der Waals surface area contributed by atoms with Crippen LogP contribution in [0.15, 0.2) is 22.9 Å². The molecule has 0 bridgehead atoms. The first-order valence-corrected chi connectivity index (χ1v) is 5.15. The van der Waals surface area contributed by atoms with Crippen molar-refractivity contribution in [2.24, 2.45) is 0 Å². The third-order valence-electron chi connectivity index (χ3n) is 2.06. The number of esters is 1. The van der Waals surface area contributed by atoms with Gasteiger partial charge in [-0.2, -0.15) is 0 Å². The van der Waals surface area contributed by atoms with Crippen LogP contribution in [0, 0.1) is 0 Å². The number of pyridine rings is 2. The highest BCUT2D eigenvalue weighted by atomic mass is 79.9. The smallest absolute Gasteiger partial charge is 0.360 e. The van der Waals surface area contributed by atoms with Crippen molar-refractivity contribution in [2.45, 2.75) is 0 Å². The quantitative estimate of drug-likeness (QED) is 0.639. The molecule has 6 heteroatoms. The summed E-state index contributed by atoms with van der Waals surface area (Å²) in [4.78, 5) is 19.2. The molecule has 0 aliphatic heterocycles. The van der Waals surface area contributed by atoms with E-state index < -0.39 is 5.97 Å². The Bertz CT molecular complexity index is 571. The van der Waals surface area contributed by atoms with Crippen LogP contribution >= 0.6 is 15.9 Å². The first-order valence-electron chi connectivity index (χ1n) is 4.36. The molecule has 0 amide bonds. The Morgan fingerprint density at radius 2 is 2.25 bits per heavy atom. The van der Waals surface area contributed by atoms with Crippen molar-refractivity contribution in [3.05, 3.63) is 28.6 Å². The monoisotopic (exact) mass is 282 g/mol. The number of rotatable bonds is 1. The summed E-state index contributed by atoms with van der Waals surface area (Å²) >= 11 is 3.21. The van der Waals surface area contributed by atoms with E-state index in [1.165, 1.54) is 13.3 Å². The van der Waals surface area contributed by atoms with Crippen LogP contribution in [0.3, 0.4) is 0 Å². The normalized spacial score (nSPS) is 10.4. The number of ether oxygens (including phenoxy) is 1. The Kier molecular flexibility index (Phi) is 2.74. The molecule has 2 aromatic rings. The van der Waals surface area contributed by atoms with E-state index in [0.717, 1.165) is 0 Å². The molecule has 0 aliphatic rings. The summed E-state index contributed by atoms with van der Waals surface area (Å²) in [6.45, 7) is 0. The molecule has 0 saturated heterocycles. The summed E-state index contributed by atoms with van der Waals surface area (Å²) < 4.78 is 5.13. The molecule has 0 saturated carbocycles. The first kappa shape index (κ1) is 10.8. The van der Waals surface area contributed by atoms with Crippen molar-refractivity contribution in [3.8, 4) is 5.75 Å². The fourth-order valence-corrected chi connectivity index (χ4v) is 1.63. The van der Waals surface area contributed by atoms with Crippen LogP contribution in [0.2, 0.25) is 0 Å². The Morgan fingerprint density at radius 3 is 2.94 bits per heavy atom. The van der Waals surface area contributed by atoms with E-state index in [1.54, 1.807) is 12.1 Å². The maximum Gasteiger partial charge on any atom is 0.360 e. The van der Waals surface area contributed by atoms with Crippen LogP contribution < -0.4 is 0 Å². The van der Waals surface area contributed by atoms with Gasteiger partial charge >= 0.3 is 5.97 Å². The molecule has 0 fully saturated rings. The SMILES string of the molecule is COC(=O)c1ncc2nc(Br)ccc2c1O. The van der Waals surface area contributed by atoms with Crippen LogP contribution in [0.5, 0.6) is 5.75 Å². The summed E-state index contributed by atoms with van der Waals surface area (Å²) in [6.07, 6.45) is 1.41. The van der Waals surface area contributed by atoms with Crippen molar-refractivity contribution in [2.75, 3.05) is 7.11 Å². The number of fused-ring (bicyclic) bond motifs is 1. The number of carbonyl (C=O) groups excluding carboxylic acids is 1. The van der Waals surface area contributed by atoms with Gasteiger partial charge in [0.1, 0.15) is 4.60 Å². The van der Waals surface area contributed by atoms with Crippen molar-refractivity contribution in [1.29, 1.82) is 0 Å². The van der Waals surface area contributed by atoms with Crippen LogP contribution in [0.4, 0.5) is 0 Å². The lowest BCUT2D eigenvalue weighted by Crippen LogP contribution is -2.04. The van der Waals surface area contributed by atoms with Gasteiger partial charge < -0.3 is 9.84 Å². The predicted octanol–water partition coefficient (Wildman–Crippen LogP) is 1.88. The fraction of sp³-hybridized carbons (Fsp3) is 0.100. The number of hydrogen-bond donors (Lipinski definition) is 1. The van der Waals surface area contributed by atoms with Crippen molar-refractivity contribution in [3.63, 3.8) is 0 Å². The van der Waals surface area contributed by atoms with Crippen molar-refractivity contribution < 1.29 is 14.6 Å². The summed E-state index contributed by atoms with van der Waals surface area (Å²) in [5.74, 6) is -0.897. The molecule has 2 rings (SSSR count). The number of halogens is 1. The molecule has 2 aromatic heterocycles. The maximum atomic E-state index is 11.3. The molecule has 82 valence electrons. The number of carbonyl (C=O) groups is 1. The average Bonchev–Trinajstić information content (AvgIpc) is 2.28. The molecule has 0 aliphatic carbocycles. The first-order chi connectivity index (χ1) is 7.63. The van der Waals surface area contributed by atoms with Gasteiger partial charge in [-0.1, -0.05) is 0 Å². The van der Waals surface area contributed by atoms with Crippen LogP contribution in [-0.4, -0.2) is 28.2 Å². The van der Waals surface area contributed by atoms with E-state index in [9.17, 15) is 9.90 Å². The lowest BCUT2D eigenvalue weighted by molar-refractivity contribution is 0.0591. The van der Waals surface area contributed by atoms with Gasteiger partial charge in [-0.05, 0) is 28.1 Å². The second kappa shape index (κ2) is 4.05. The van der Waals surface area contributed by atoms with Gasteiger partial charge in [0, 0.05) is 5.39 Å². The molecular formula is C10H7BrN2O3. The zero-order chi connectivity index (χ0) is 11.7. The Balaban J connectivity index is 2.70. The Labute approximate surface area is 99.2 Å². The zero-order valence-electron chi connectivity index (χ0n) is 8.27. The summed E-state index contributed by atoms with van der Waals surface area (Å²) in [6, 6.07) is 3.32. The lowest BCUT2D eigenvalue weighted by atomic mass is 10.2. The maximum absolute atomic E-state index is 11.3. The molecule has 0 radical (unpaired) electrons. The number of hydrogen-bond acceptors (Lipinski definition) is 5. The molecule has 0 spiro atoms. The van der Waals surface area contributed by atoms with Crippen LogP contribution in [0.1, 0.15) is 10.5 Å². The minimum absolute atomic E-state index is 0.112. The van der Waals surface area contributed by atoms with E-state index in [0.29, 0.717) is 15.5 Å². The van der Waals surface area contributed by atoms with Gasteiger partial charge in [-0.25, -0.2) is 14.8 Å². The highest BCUT2D eigenvalue weighted by Gasteiger charge is 2.16. The summed E-state index contributed by atoms with van der Waals surface area (Å²) in [5.41, 5.74) is 0.388. The molecule has 0 atom stereocenters. The molecule has 16 heavy (non-hydrogen) atoms. The van der Waals surface area contributed by atoms with Crippen LogP contribution in [-0.2, 0) is 4.74 Å².